The molecule has 0 aromatic carbocycles. The summed E-state index contributed by atoms with van der Waals surface area (Å²) in [6, 6.07) is 0.651. The van der Waals surface area contributed by atoms with E-state index in [-0.39, 0.29) is 0 Å². The van der Waals surface area contributed by atoms with Crippen molar-refractivity contribution in [3.05, 3.63) is 0 Å². The predicted molar refractivity (Wildman–Crippen MR) is 73.2 cm³/mol. The number of rotatable bonds is 8. The van der Waals surface area contributed by atoms with Gasteiger partial charge in [0.15, 0.2) is 0 Å². The minimum atomic E-state index is 0.315. The van der Waals surface area contributed by atoms with E-state index >= 15 is 0 Å². The molecule has 0 aromatic rings. The Labute approximate surface area is 105 Å². The van der Waals surface area contributed by atoms with Crippen molar-refractivity contribution in [3.63, 3.8) is 0 Å². The quantitative estimate of drug-likeness (QED) is 0.664. The zero-order valence-corrected chi connectivity index (χ0v) is 12.0. The number of nitrogens with one attached hydrogen (secondary N) is 1. The van der Waals surface area contributed by atoms with Gasteiger partial charge in [0.1, 0.15) is 0 Å². The maximum Gasteiger partial charge on any atom is 0.0655 e. The van der Waals surface area contributed by atoms with Crippen LogP contribution in [-0.2, 0) is 4.74 Å². The van der Waals surface area contributed by atoms with Gasteiger partial charge < -0.3 is 10.1 Å². The fourth-order valence-corrected chi connectivity index (χ4v) is 2.86. The van der Waals surface area contributed by atoms with E-state index in [1.54, 1.807) is 0 Å². The molecular formula is C13H27NOS. The fourth-order valence-electron chi connectivity index (χ4n) is 2.36. The SMILES string of the molecule is CCOC1CC(NCCCCSC)C1(C)C. The van der Waals surface area contributed by atoms with Crippen LogP contribution in [0.5, 0.6) is 0 Å². The third-order valence-corrected chi connectivity index (χ3v) is 4.41. The third kappa shape index (κ3) is 3.64. The van der Waals surface area contributed by atoms with Crippen LogP contribution in [0.15, 0.2) is 0 Å². The Morgan fingerprint density at radius 1 is 1.38 bits per heavy atom. The van der Waals surface area contributed by atoms with E-state index in [1.807, 2.05) is 11.8 Å². The normalized spacial score (nSPS) is 27.8. The first-order chi connectivity index (χ1) is 7.62. The molecule has 16 heavy (non-hydrogen) atoms. The van der Waals surface area contributed by atoms with Crippen molar-refractivity contribution in [1.82, 2.24) is 5.32 Å². The summed E-state index contributed by atoms with van der Waals surface area (Å²) in [5, 5.41) is 3.67. The van der Waals surface area contributed by atoms with Crippen molar-refractivity contribution in [2.45, 2.75) is 52.2 Å². The lowest BCUT2D eigenvalue weighted by Gasteiger charge is -2.52. The smallest absolute Gasteiger partial charge is 0.0655 e. The second-order valence-electron chi connectivity index (χ2n) is 5.21. The van der Waals surface area contributed by atoms with E-state index in [4.69, 9.17) is 4.74 Å². The number of hydrogen-bond acceptors (Lipinski definition) is 3. The Morgan fingerprint density at radius 3 is 2.69 bits per heavy atom. The van der Waals surface area contributed by atoms with Gasteiger partial charge >= 0.3 is 0 Å². The summed E-state index contributed by atoms with van der Waals surface area (Å²) in [4.78, 5) is 0. The van der Waals surface area contributed by atoms with Gasteiger partial charge in [0, 0.05) is 18.1 Å². The van der Waals surface area contributed by atoms with Crippen LogP contribution in [0.25, 0.3) is 0 Å². The summed E-state index contributed by atoms with van der Waals surface area (Å²) in [6.07, 6.45) is 6.45. The number of hydrogen-bond donors (Lipinski definition) is 1. The first-order valence-corrected chi connectivity index (χ1v) is 7.86. The Kier molecular flexibility index (Phi) is 6.16. The van der Waals surface area contributed by atoms with Crippen LogP contribution >= 0.6 is 11.8 Å². The molecule has 0 spiro atoms. The molecule has 1 rings (SSSR count). The van der Waals surface area contributed by atoms with Crippen molar-refractivity contribution >= 4 is 11.8 Å². The van der Waals surface area contributed by atoms with E-state index in [0.717, 1.165) is 13.2 Å². The van der Waals surface area contributed by atoms with Gasteiger partial charge in [-0.15, -0.1) is 0 Å². The van der Waals surface area contributed by atoms with Crippen LogP contribution in [-0.4, -0.2) is 37.3 Å². The average molecular weight is 245 g/mol. The highest BCUT2D eigenvalue weighted by molar-refractivity contribution is 7.98. The molecule has 1 N–H and O–H groups in total. The molecular weight excluding hydrogens is 218 g/mol. The molecule has 0 saturated heterocycles. The second kappa shape index (κ2) is 6.87. The summed E-state index contributed by atoms with van der Waals surface area (Å²) in [6.45, 7) is 8.72. The van der Waals surface area contributed by atoms with Crippen molar-refractivity contribution < 1.29 is 4.74 Å². The van der Waals surface area contributed by atoms with Crippen molar-refractivity contribution in [1.29, 1.82) is 0 Å². The van der Waals surface area contributed by atoms with Crippen molar-refractivity contribution in [2.75, 3.05) is 25.2 Å². The molecule has 2 nitrogen and oxygen atoms in total. The van der Waals surface area contributed by atoms with Crippen molar-refractivity contribution in [3.8, 4) is 0 Å². The molecule has 0 aliphatic heterocycles. The highest BCUT2D eigenvalue weighted by Gasteiger charge is 2.48. The summed E-state index contributed by atoms with van der Waals surface area (Å²) >= 11 is 1.94. The molecule has 0 aromatic heterocycles. The van der Waals surface area contributed by atoms with Gasteiger partial charge in [0.05, 0.1) is 6.10 Å². The van der Waals surface area contributed by atoms with E-state index in [9.17, 15) is 0 Å². The second-order valence-corrected chi connectivity index (χ2v) is 6.19. The molecule has 1 saturated carbocycles. The van der Waals surface area contributed by atoms with Crippen LogP contribution in [0.2, 0.25) is 0 Å². The van der Waals surface area contributed by atoms with Crippen LogP contribution < -0.4 is 5.32 Å². The first-order valence-electron chi connectivity index (χ1n) is 6.46. The Bertz CT molecular complexity index is 196. The molecule has 0 amide bonds. The molecule has 0 heterocycles. The summed E-state index contributed by atoms with van der Waals surface area (Å²) in [5.74, 6) is 1.29. The van der Waals surface area contributed by atoms with E-state index < -0.39 is 0 Å². The molecule has 2 atom stereocenters. The van der Waals surface area contributed by atoms with Gasteiger partial charge in [0.25, 0.3) is 0 Å². The van der Waals surface area contributed by atoms with Crippen LogP contribution in [0.3, 0.4) is 0 Å². The van der Waals surface area contributed by atoms with Gasteiger partial charge in [-0.25, -0.2) is 0 Å². The van der Waals surface area contributed by atoms with Gasteiger partial charge in [-0.2, -0.15) is 11.8 Å². The lowest BCUT2D eigenvalue weighted by molar-refractivity contribution is -0.113. The van der Waals surface area contributed by atoms with Crippen LogP contribution in [0.4, 0.5) is 0 Å². The minimum Gasteiger partial charge on any atom is -0.378 e. The number of ether oxygens (including phenoxy) is 1. The standard InChI is InChI=1S/C13H27NOS/c1-5-15-12-10-11(13(12,2)3)14-8-6-7-9-16-4/h11-12,14H,5-10H2,1-4H3. The molecule has 3 heteroatoms. The fraction of sp³-hybridized carbons (Fsp3) is 1.00. The molecule has 1 aliphatic rings. The predicted octanol–water partition coefficient (Wildman–Crippen LogP) is 2.92. The molecule has 1 aliphatic carbocycles. The molecule has 2 unspecified atom stereocenters. The lowest BCUT2D eigenvalue weighted by Crippen LogP contribution is -2.61. The maximum atomic E-state index is 5.72. The van der Waals surface area contributed by atoms with Gasteiger partial charge in [-0.3, -0.25) is 0 Å². The zero-order valence-electron chi connectivity index (χ0n) is 11.2. The summed E-state index contributed by atoms with van der Waals surface area (Å²) in [7, 11) is 0. The van der Waals surface area contributed by atoms with Gasteiger partial charge in [-0.1, -0.05) is 13.8 Å². The summed E-state index contributed by atoms with van der Waals surface area (Å²) in [5.41, 5.74) is 0.315. The van der Waals surface area contributed by atoms with Gasteiger partial charge in [-0.05, 0) is 44.7 Å². The first kappa shape index (κ1) is 14.3. The highest BCUT2D eigenvalue weighted by Crippen LogP contribution is 2.42. The van der Waals surface area contributed by atoms with Crippen LogP contribution in [0, 0.1) is 5.41 Å². The summed E-state index contributed by atoms with van der Waals surface area (Å²) < 4.78 is 5.72. The topological polar surface area (TPSA) is 21.3 Å². The van der Waals surface area contributed by atoms with E-state index in [2.05, 4.69) is 32.3 Å². The largest absolute Gasteiger partial charge is 0.378 e. The zero-order chi connectivity index (χ0) is 12.0. The molecule has 1 fully saturated rings. The van der Waals surface area contributed by atoms with E-state index in [0.29, 0.717) is 17.6 Å². The average Bonchev–Trinajstić information content (AvgIpc) is 2.26. The van der Waals surface area contributed by atoms with Crippen LogP contribution in [0.1, 0.15) is 40.0 Å². The van der Waals surface area contributed by atoms with Gasteiger partial charge in [0.2, 0.25) is 0 Å². The highest BCUT2D eigenvalue weighted by atomic mass is 32.2. The third-order valence-electron chi connectivity index (χ3n) is 3.71. The Balaban J connectivity index is 2.11. The lowest BCUT2D eigenvalue weighted by atomic mass is 9.64. The Hall–Kier alpha value is 0.270. The molecule has 0 radical (unpaired) electrons. The molecule has 0 bridgehead atoms. The Morgan fingerprint density at radius 2 is 2.12 bits per heavy atom. The number of unbranched alkanes of at least 4 members (excludes halogenated alkanes) is 1. The monoisotopic (exact) mass is 245 g/mol. The van der Waals surface area contributed by atoms with E-state index in [1.165, 1.54) is 25.0 Å². The minimum absolute atomic E-state index is 0.315. The maximum absolute atomic E-state index is 5.72. The van der Waals surface area contributed by atoms with Crippen molar-refractivity contribution in [2.24, 2.45) is 5.41 Å². The number of thioether (sulfide) groups is 1. The molecule has 96 valence electrons.